The van der Waals surface area contributed by atoms with Gasteiger partial charge in [0, 0.05) is 48.7 Å². The highest BCUT2D eigenvalue weighted by molar-refractivity contribution is 5.66. The minimum Gasteiger partial charge on any atom is -0.465 e. The van der Waals surface area contributed by atoms with Crippen LogP contribution in [0.3, 0.4) is 0 Å². The summed E-state index contributed by atoms with van der Waals surface area (Å²) < 4.78 is 39.3. The molecule has 7 nitrogen and oxygen atoms in total. The standard InChI is InChI=1S/C22H20F3N5O2/c23-22(24,25)16-4-1-5-17(11-16)27-19-12-18(14-6-8-26-9-7-14)28-20(29-19)15-3-2-10-30(13-15)21(31)32/h1,4-9,11-12,15H,2-3,10,13H2,(H,31,32)(H,27,28,29). The van der Waals surface area contributed by atoms with E-state index in [-0.39, 0.29) is 18.2 Å². The third kappa shape index (κ3) is 4.96. The second-order valence-corrected chi connectivity index (χ2v) is 7.50. The van der Waals surface area contributed by atoms with E-state index >= 15 is 0 Å². The molecule has 2 N–H and O–H groups in total. The highest BCUT2D eigenvalue weighted by atomic mass is 19.4. The number of nitrogens with zero attached hydrogens (tertiary/aromatic N) is 4. The molecule has 0 bridgehead atoms. The van der Waals surface area contributed by atoms with Gasteiger partial charge in [-0.25, -0.2) is 14.8 Å². The Balaban J connectivity index is 1.70. The molecule has 1 fully saturated rings. The molecule has 1 aliphatic rings. The Morgan fingerprint density at radius 1 is 1.12 bits per heavy atom. The van der Waals surface area contributed by atoms with Gasteiger partial charge in [0.2, 0.25) is 0 Å². The third-order valence-electron chi connectivity index (χ3n) is 5.24. The highest BCUT2D eigenvalue weighted by Crippen LogP contribution is 2.32. The molecule has 1 aliphatic heterocycles. The summed E-state index contributed by atoms with van der Waals surface area (Å²) in [6.07, 6.45) is -0.836. The Labute approximate surface area is 182 Å². The predicted molar refractivity (Wildman–Crippen MR) is 112 cm³/mol. The quantitative estimate of drug-likeness (QED) is 0.579. The van der Waals surface area contributed by atoms with Gasteiger partial charge in [-0.3, -0.25) is 4.98 Å². The molecule has 0 radical (unpaired) electrons. The highest BCUT2D eigenvalue weighted by Gasteiger charge is 2.30. The largest absolute Gasteiger partial charge is 0.465 e. The number of likely N-dealkylation sites (tertiary alicyclic amines) is 1. The third-order valence-corrected chi connectivity index (χ3v) is 5.24. The van der Waals surface area contributed by atoms with Crippen LogP contribution < -0.4 is 5.32 Å². The molecule has 0 saturated carbocycles. The maximum Gasteiger partial charge on any atom is 0.416 e. The van der Waals surface area contributed by atoms with Gasteiger partial charge in [0.15, 0.2) is 0 Å². The van der Waals surface area contributed by atoms with Crippen LogP contribution in [0.4, 0.5) is 29.5 Å². The van der Waals surface area contributed by atoms with Crippen molar-refractivity contribution in [1.82, 2.24) is 19.9 Å². The summed E-state index contributed by atoms with van der Waals surface area (Å²) in [5.74, 6) is 0.553. The van der Waals surface area contributed by atoms with E-state index in [0.717, 1.165) is 17.7 Å². The van der Waals surface area contributed by atoms with Crippen LogP contribution in [0.1, 0.15) is 30.1 Å². The Bertz CT molecular complexity index is 1110. The van der Waals surface area contributed by atoms with E-state index in [1.807, 2.05) is 0 Å². The molecule has 1 atom stereocenters. The number of hydrogen-bond acceptors (Lipinski definition) is 5. The Hall–Kier alpha value is -3.69. The lowest BCUT2D eigenvalue weighted by Gasteiger charge is -2.30. The lowest BCUT2D eigenvalue weighted by atomic mass is 9.97. The number of aromatic nitrogens is 3. The van der Waals surface area contributed by atoms with Crippen LogP contribution in [-0.2, 0) is 6.18 Å². The molecule has 10 heteroatoms. The zero-order chi connectivity index (χ0) is 22.7. The van der Waals surface area contributed by atoms with Crippen LogP contribution >= 0.6 is 0 Å². The molecule has 166 valence electrons. The van der Waals surface area contributed by atoms with Crippen LogP contribution in [0, 0.1) is 0 Å². The number of nitrogens with one attached hydrogen (secondary N) is 1. The van der Waals surface area contributed by atoms with Crippen molar-refractivity contribution in [3.8, 4) is 11.3 Å². The number of pyridine rings is 1. The number of hydrogen-bond donors (Lipinski definition) is 2. The van der Waals surface area contributed by atoms with E-state index < -0.39 is 17.8 Å². The van der Waals surface area contributed by atoms with E-state index in [2.05, 4.69) is 20.3 Å². The van der Waals surface area contributed by atoms with E-state index in [0.29, 0.717) is 36.7 Å². The van der Waals surface area contributed by atoms with Crippen LogP contribution in [0.15, 0.2) is 54.9 Å². The van der Waals surface area contributed by atoms with Gasteiger partial charge in [0.1, 0.15) is 11.6 Å². The lowest BCUT2D eigenvalue weighted by molar-refractivity contribution is -0.137. The topological polar surface area (TPSA) is 91.2 Å². The minimum atomic E-state index is -4.46. The number of rotatable bonds is 4. The predicted octanol–water partition coefficient (Wildman–Crippen LogP) is 5.16. The number of alkyl halides is 3. The number of piperidine rings is 1. The van der Waals surface area contributed by atoms with Gasteiger partial charge in [-0.15, -0.1) is 0 Å². The van der Waals surface area contributed by atoms with Crippen molar-refractivity contribution in [2.24, 2.45) is 0 Å². The molecule has 1 aromatic carbocycles. The maximum atomic E-state index is 13.1. The van der Waals surface area contributed by atoms with Crippen molar-refractivity contribution in [2.45, 2.75) is 24.9 Å². The normalized spacial score (nSPS) is 16.6. The molecular formula is C22H20F3N5O2. The number of carbonyl (C=O) groups is 1. The first kappa shape index (κ1) is 21.5. The average Bonchev–Trinajstić information content (AvgIpc) is 2.79. The molecule has 4 rings (SSSR count). The first-order valence-electron chi connectivity index (χ1n) is 10.0. The Kier molecular flexibility index (Phi) is 5.93. The molecule has 3 heterocycles. The van der Waals surface area contributed by atoms with Gasteiger partial charge in [0.25, 0.3) is 0 Å². The summed E-state index contributed by atoms with van der Waals surface area (Å²) >= 11 is 0. The fourth-order valence-electron chi connectivity index (χ4n) is 3.67. The van der Waals surface area contributed by atoms with Crippen molar-refractivity contribution in [1.29, 1.82) is 0 Å². The number of halogens is 3. The lowest BCUT2D eigenvalue weighted by Crippen LogP contribution is -2.38. The van der Waals surface area contributed by atoms with Gasteiger partial charge < -0.3 is 15.3 Å². The summed E-state index contributed by atoms with van der Waals surface area (Å²) in [7, 11) is 0. The van der Waals surface area contributed by atoms with E-state index in [1.165, 1.54) is 17.0 Å². The smallest absolute Gasteiger partial charge is 0.416 e. The van der Waals surface area contributed by atoms with Crippen LogP contribution in [0.5, 0.6) is 0 Å². The first-order chi connectivity index (χ1) is 15.3. The van der Waals surface area contributed by atoms with E-state index in [4.69, 9.17) is 0 Å². The fourth-order valence-corrected chi connectivity index (χ4v) is 3.67. The van der Waals surface area contributed by atoms with Gasteiger partial charge in [-0.1, -0.05) is 6.07 Å². The van der Waals surface area contributed by atoms with Crippen LogP contribution in [0.25, 0.3) is 11.3 Å². The van der Waals surface area contributed by atoms with Gasteiger partial charge in [-0.2, -0.15) is 13.2 Å². The fraction of sp³-hybridized carbons (Fsp3) is 0.273. The van der Waals surface area contributed by atoms with Crippen molar-refractivity contribution in [2.75, 3.05) is 18.4 Å². The summed E-state index contributed by atoms with van der Waals surface area (Å²) in [6.45, 7) is 0.712. The Morgan fingerprint density at radius 2 is 1.91 bits per heavy atom. The molecule has 0 spiro atoms. The van der Waals surface area contributed by atoms with Gasteiger partial charge in [-0.05, 0) is 43.2 Å². The van der Waals surface area contributed by atoms with E-state index in [1.54, 1.807) is 30.6 Å². The zero-order valence-electron chi connectivity index (χ0n) is 16.9. The molecular weight excluding hydrogens is 423 g/mol. The number of benzene rings is 1. The van der Waals surface area contributed by atoms with Crippen molar-refractivity contribution >= 4 is 17.6 Å². The molecule has 1 amide bonds. The van der Waals surface area contributed by atoms with E-state index in [9.17, 15) is 23.1 Å². The average molecular weight is 443 g/mol. The molecule has 1 unspecified atom stereocenters. The van der Waals surface area contributed by atoms with Crippen LogP contribution in [-0.4, -0.2) is 44.1 Å². The number of anilines is 2. The number of carboxylic acid groups (broad SMARTS) is 1. The monoisotopic (exact) mass is 443 g/mol. The van der Waals surface area contributed by atoms with Gasteiger partial charge >= 0.3 is 12.3 Å². The molecule has 1 saturated heterocycles. The van der Waals surface area contributed by atoms with Crippen molar-refractivity contribution in [3.63, 3.8) is 0 Å². The maximum absolute atomic E-state index is 13.1. The summed E-state index contributed by atoms with van der Waals surface area (Å²) in [5, 5.41) is 12.3. The molecule has 0 aliphatic carbocycles. The minimum absolute atomic E-state index is 0.219. The van der Waals surface area contributed by atoms with Crippen molar-refractivity contribution < 1.29 is 23.1 Å². The van der Waals surface area contributed by atoms with Crippen LogP contribution in [0.2, 0.25) is 0 Å². The van der Waals surface area contributed by atoms with Crippen molar-refractivity contribution in [3.05, 3.63) is 66.2 Å². The number of amides is 1. The zero-order valence-corrected chi connectivity index (χ0v) is 16.9. The first-order valence-corrected chi connectivity index (χ1v) is 10.0. The summed E-state index contributed by atoms with van der Waals surface area (Å²) in [5.41, 5.74) is 0.803. The molecule has 3 aromatic rings. The Morgan fingerprint density at radius 3 is 2.62 bits per heavy atom. The second-order valence-electron chi connectivity index (χ2n) is 7.50. The molecule has 2 aromatic heterocycles. The SMILES string of the molecule is O=C(O)N1CCCC(c2nc(Nc3cccc(C(F)(F)F)c3)cc(-c3ccncc3)n2)C1. The second kappa shape index (κ2) is 8.81. The summed E-state index contributed by atoms with van der Waals surface area (Å²) in [4.78, 5) is 25.9. The molecule has 32 heavy (non-hydrogen) atoms. The summed E-state index contributed by atoms with van der Waals surface area (Å²) in [6, 6.07) is 10.0. The van der Waals surface area contributed by atoms with Gasteiger partial charge in [0.05, 0.1) is 11.3 Å².